The maximum absolute atomic E-state index is 13.2. The van der Waals surface area contributed by atoms with E-state index < -0.39 is 23.7 Å². The van der Waals surface area contributed by atoms with E-state index >= 15 is 0 Å². The van der Waals surface area contributed by atoms with Crippen molar-refractivity contribution in [2.24, 2.45) is 11.8 Å². The van der Waals surface area contributed by atoms with Crippen molar-refractivity contribution < 1.29 is 29.4 Å². The molecule has 4 amide bonds. The van der Waals surface area contributed by atoms with E-state index in [9.17, 15) is 29.4 Å². The minimum Gasteiger partial charge on any atom is -0.507 e. The zero-order chi connectivity index (χ0) is 36.7. The molecule has 0 spiro atoms. The first kappa shape index (κ1) is 42.1. The molecule has 0 aromatic heterocycles. The number of aromatic hydroxyl groups is 2. The van der Waals surface area contributed by atoms with Crippen LogP contribution in [0.2, 0.25) is 0 Å². The minimum atomic E-state index is -0.596. The highest BCUT2D eigenvalue weighted by molar-refractivity contribution is 5.99. The number of unbranched alkanes of at least 4 members (excludes halogenated alkanes) is 8. The molecule has 0 aliphatic rings. The number of carbonyl (C=O) groups is 4. The van der Waals surface area contributed by atoms with Crippen molar-refractivity contribution in [3.63, 3.8) is 0 Å². The Bertz CT molecular complexity index is 1250. The second-order valence-corrected chi connectivity index (χ2v) is 13.4. The van der Waals surface area contributed by atoms with E-state index in [4.69, 9.17) is 0 Å². The fraction of sp³-hybridized carbons (Fsp3) is 0.600. The van der Waals surface area contributed by atoms with Crippen LogP contribution in [0.5, 0.6) is 11.5 Å². The third-order valence-corrected chi connectivity index (χ3v) is 9.31. The number of hydrogen-bond acceptors (Lipinski definition) is 6. The third kappa shape index (κ3) is 14.4. The summed E-state index contributed by atoms with van der Waals surface area (Å²) in [6.45, 7) is 8.25. The number of amides is 4. The number of para-hydroxylation sites is 2. The predicted molar refractivity (Wildman–Crippen MR) is 198 cm³/mol. The molecule has 0 heterocycles. The Morgan fingerprint density at radius 3 is 1.24 bits per heavy atom. The summed E-state index contributed by atoms with van der Waals surface area (Å²) in [6, 6.07) is 10.1. The molecule has 0 saturated heterocycles. The first-order valence-corrected chi connectivity index (χ1v) is 19.0. The van der Waals surface area contributed by atoms with Gasteiger partial charge < -0.3 is 10.2 Å². The van der Waals surface area contributed by atoms with Crippen LogP contribution < -0.4 is 21.7 Å². The first-order valence-electron chi connectivity index (χ1n) is 19.0. The van der Waals surface area contributed by atoms with Crippen molar-refractivity contribution >= 4 is 23.6 Å². The quantitative estimate of drug-likeness (QED) is 0.0512. The van der Waals surface area contributed by atoms with Gasteiger partial charge in [0.25, 0.3) is 11.8 Å². The average Bonchev–Trinajstić information content (AvgIpc) is 3.11. The standard InChI is InChI=1S/C40H62N4O6/c1-5-9-11-13-15-21-29-23-17-25-33(35(29)45)39(49)43-41-37(47)31(19-7-3)27-28-32(20-8-4)38(48)42-44-40(50)34-26-18-24-30(36(34)46)22-16-14-12-10-6-2/h17-18,23-26,31-32,45-46H,5-16,19-22,27-28H2,1-4H3,(H,41,47)(H,42,48)(H,43,49)(H,44,50). The van der Waals surface area contributed by atoms with E-state index in [-0.39, 0.29) is 34.4 Å². The SMILES string of the molecule is CCCCCCCc1cccc(C(=O)NNC(=O)C(CCC)CCC(CCC)C(=O)NNC(=O)c2cccc(CCCCCCC)c2O)c1O. The lowest BCUT2D eigenvalue weighted by atomic mass is 9.89. The van der Waals surface area contributed by atoms with Crippen molar-refractivity contribution in [1.82, 2.24) is 21.7 Å². The van der Waals surface area contributed by atoms with Gasteiger partial charge in [-0.3, -0.25) is 40.9 Å². The highest BCUT2D eigenvalue weighted by atomic mass is 16.3. The van der Waals surface area contributed by atoms with E-state index in [0.717, 1.165) is 64.2 Å². The number of hydrazine groups is 2. The van der Waals surface area contributed by atoms with Gasteiger partial charge >= 0.3 is 0 Å². The lowest BCUT2D eigenvalue weighted by molar-refractivity contribution is -0.128. The molecule has 2 unspecified atom stereocenters. The van der Waals surface area contributed by atoms with Gasteiger partial charge in [0.15, 0.2) is 0 Å². The van der Waals surface area contributed by atoms with Gasteiger partial charge in [0.2, 0.25) is 11.8 Å². The number of benzene rings is 2. The van der Waals surface area contributed by atoms with Crippen molar-refractivity contribution in [2.75, 3.05) is 0 Å². The van der Waals surface area contributed by atoms with Crippen LogP contribution in [0.25, 0.3) is 0 Å². The topological polar surface area (TPSA) is 157 Å². The van der Waals surface area contributed by atoms with Gasteiger partial charge in [-0.15, -0.1) is 0 Å². The predicted octanol–water partition coefficient (Wildman–Crippen LogP) is 7.96. The van der Waals surface area contributed by atoms with Gasteiger partial charge in [-0.25, -0.2) is 0 Å². The summed E-state index contributed by atoms with van der Waals surface area (Å²) in [7, 11) is 0. The summed E-state index contributed by atoms with van der Waals surface area (Å²) in [6.07, 6.45) is 15.7. The van der Waals surface area contributed by atoms with Gasteiger partial charge in [-0.1, -0.05) is 116 Å². The molecule has 0 saturated carbocycles. The summed E-state index contributed by atoms with van der Waals surface area (Å²) in [5, 5.41) is 21.5. The molecule has 50 heavy (non-hydrogen) atoms. The van der Waals surface area contributed by atoms with Gasteiger partial charge in [-0.2, -0.15) is 0 Å². The molecule has 278 valence electrons. The molecule has 0 aliphatic carbocycles. The summed E-state index contributed by atoms with van der Waals surface area (Å²) < 4.78 is 0. The van der Waals surface area contributed by atoms with Gasteiger partial charge in [0, 0.05) is 11.8 Å². The summed E-state index contributed by atoms with van der Waals surface area (Å²) in [4.78, 5) is 52.2. The Morgan fingerprint density at radius 2 is 0.880 bits per heavy atom. The van der Waals surface area contributed by atoms with Crippen LogP contribution in [0.3, 0.4) is 0 Å². The molecule has 2 atom stereocenters. The summed E-state index contributed by atoms with van der Waals surface area (Å²) >= 11 is 0. The molecule has 10 heteroatoms. The molecule has 6 N–H and O–H groups in total. The van der Waals surface area contributed by atoms with Gasteiger partial charge in [0.05, 0.1) is 11.1 Å². The van der Waals surface area contributed by atoms with Crippen LogP contribution in [-0.4, -0.2) is 33.8 Å². The van der Waals surface area contributed by atoms with E-state index in [1.54, 1.807) is 12.1 Å². The van der Waals surface area contributed by atoms with Crippen molar-refractivity contribution in [3.8, 4) is 11.5 Å². The third-order valence-electron chi connectivity index (χ3n) is 9.31. The summed E-state index contributed by atoms with van der Waals surface area (Å²) in [5.74, 6) is -2.96. The lowest BCUT2D eigenvalue weighted by Gasteiger charge is -2.21. The number of phenolic OH excluding ortho intramolecular Hbond substituents is 2. The van der Waals surface area contributed by atoms with Crippen LogP contribution >= 0.6 is 0 Å². The number of nitrogens with one attached hydrogen (secondary N) is 4. The van der Waals surface area contributed by atoms with Crippen molar-refractivity contribution in [3.05, 3.63) is 58.7 Å². The maximum Gasteiger partial charge on any atom is 0.273 e. The highest BCUT2D eigenvalue weighted by Crippen LogP contribution is 2.26. The molecule has 2 aromatic carbocycles. The molecular formula is C40H62N4O6. The zero-order valence-electron chi connectivity index (χ0n) is 30.9. The van der Waals surface area contributed by atoms with E-state index in [1.165, 1.54) is 25.0 Å². The van der Waals surface area contributed by atoms with Gasteiger partial charge in [-0.05, 0) is 74.6 Å². The number of aryl methyl sites for hydroxylation is 2. The number of carbonyl (C=O) groups excluding carboxylic acids is 4. The maximum atomic E-state index is 13.2. The smallest absolute Gasteiger partial charge is 0.273 e. The second kappa shape index (κ2) is 24.1. The Kier molecular flexibility index (Phi) is 20.3. The van der Waals surface area contributed by atoms with Crippen LogP contribution in [-0.2, 0) is 22.4 Å². The fourth-order valence-electron chi connectivity index (χ4n) is 6.28. The Labute approximate surface area is 299 Å². The molecule has 0 bridgehead atoms. The van der Waals surface area contributed by atoms with Crippen molar-refractivity contribution in [1.29, 1.82) is 0 Å². The van der Waals surface area contributed by atoms with Gasteiger partial charge in [0.1, 0.15) is 11.5 Å². The molecule has 2 aromatic rings. The molecule has 0 radical (unpaired) electrons. The molecular weight excluding hydrogens is 632 g/mol. The fourth-order valence-corrected chi connectivity index (χ4v) is 6.28. The minimum absolute atomic E-state index is 0.0684. The highest BCUT2D eigenvalue weighted by Gasteiger charge is 2.25. The number of hydrogen-bond donors (Lipinski definition) is 6. The van der Waals surface area contributed by atoms with Crippen LogP contribution in [0.1, 0.15) is 162 Å². The Morgan fingerprint density at radius 1 is 0.500 bits per heavy atom. The van der Waals surface area contributed by atoms with Crippen LogP contribution in [0, 0.1) is 11.8 Å². The first-order chi connectivity index (χ1) is 24.2. The second-order valence-electron chi connectivity index (χ2n) is 13.4. The zero-order valence-corrected chi connectivity index (χ0v) is 30.9. The van der Waals surface area contributed by atoms with E-state index in [1.807, 2.05) is 26.0 Å². The van der Waals surface area contributed by atoms with E-state index in [0.29, 0.717) is 49.7 Å². The summed E-state index contributed by atoms with van der Waals surface area (Å²) in [5.41, 5.74) is 11.6. The van der Waals surface area contributed by atoms with Crippen LogP contribution in [0.15, 0.2) is 36.4 Å². The molecule has 0 fully saturated rings. The Hall–Kier alpha value is -4.08. The molecule has 2 rings (SSSR count). The normalized spacial score (nSPS) is 12.2. The average molecular weight is 695 g/mol. The van der Waals surface area contributed by atoms with E-state index in [2.05, 4.69) is 35.6 Å². The largest absolute Gasteiger partial charge is 0.507 e. The molecule has 10 nitrogen and oxygen atoms in total. The molecule has 0 aliphatic heterocycles. The lowest BCUT2D eigenvalue weighted by Crippen LogP contribution is -2.46. The Balaban J connectivity index is 1.93. The van der Waals surface area contributed by atoms with Crippen LogP contribution in [0.4, 0.5) is 0 Å². The monoisotopic (exact) mass is 694 g/mol. The number of rotatable bonds is 23. The number of phenols is 2. The van der Waals surface area contributed by atoms with Crippen molar-refractivity contribution in [2.45, 2.75) is 143 Å².